The maximum Gasteiger partial charge on any atom is 0.415 e. The topological polar surface area (TPSA) is 94.5 Å². The highest BCUT2D eigenvalue weighted by Gasteiger charge is 2.18. The molecule has 8 heteroatoms. The van der Waals surface area contributed by atoms with E-state index in [9.17, 15) is 14.7 Å². The molecular weight excluding hydrogens is 498 g/mol. The van der Waals surface area contributed by atoms with Crippen molar-refractivity contribution in [1.29, 1.82) is 0 Å². The van der Waals surface area contributed by atoms with Gasteiger partial charge in [-0.05, 0) is 73.7 Å². The van der Waals surface area contributed by atoms with Crippen LogP contribution in [0.2, 0.25) is 0 Å². The van der Waals surface area contributed by atoms with Crippen LogP contribution in [-0.4, -0.2) is 61.6 Å². The number of aliphatic carboxylic acids is 1. The van der Waals surface area contributed by atoms with Crippen LogP contribution in [-0.2, 0) is 22.4 Å². The van der Waals surface area contributed by atoms with E-state index in [1.165, 1.54) is 5.56 Å². The molecule has 0 heterocycles. The van der Waals surface area contributed by atoms with E-state index in [2.05, 4.69) is 12.1 Å². The molecule has 0 saturated carbocycles. The average molecular weight is 536 g/mol. The lowest BCUT2D eigenvalue weighted by atomic mass is 10.1. The summed E-state index contributed by atoms with van der Waals surface area (Å²) in [5.41, 5.74) is 2.11. The summed E-state index contributed by atoms with van der Waals surface area (Å²) < 4.78 is 21.9. The highest BCUT2D eigenvalue weighted by molar-refractivity contribution is 5.72. The van der Waals surface area contributed by atoms with Crippen molar-refractivity contribution in [3.63, 3.8) is 0 Å². The summed E-state index contributed by atoms with van der Waals surface area (Å²) in [5, 5.41) is 9.29. The molecule has 1 amide bonds. The molecule has 0 aliphatic heterocycles. The number of methoxy groups -OCH3 is 1. The van der Waals surface area contributed by atoms with E-state index in [0.717, 1.165) is 24.8 Å². The van der Waals surface area contributed by atoms with Crippen LogP contribution in [0.5, 0.6) is 17.2 Å². The quantitative estimate of drug-likeness (QED) is 0.238. The molecule has 0 aromatic heterocycles. The van der Waals surface area contributed by atoms with Gasteiger partial charge >= 0.3 is 12.1 Å². The first kappa shape index (κ1) is 29.5. The fourth-order valence-electron chi connectivity index (χ4n) is 4.01. The zero-order chi connectivity index (χ0) is 27.9. The maximum atomic E-state index is 13.0. The lowest BCUT2D eigenvalue weighted by molar-refractivity contribution is -0.149. The third kappa shape index (κ3) is 10.3. The van der Waals surface area contributed by atoms with Gasteiger partial charge in [-0.3, -0.25) is 0 Å². The highest BCUT2D eigenvalue weighted by Crippen LogP contribution is 2.19. The molecule has 0 radical (unpaired) electrons. The average Bonchev–Trinajstić information content (AvgIpc) is 2.95. The molecular formula is C31H37NO7. The van der Waals surface area contributed by atoms with Crippen molar-refractivity contribution in [3.8, 4) is 17.2 Å². The van der Waals surface area contributed by atoms with E-state index in [-0.39, 0.29) is 13.0 Å². The van der Waals surface area contributed by atoms with Crippen LogP contribution in [0.15, 0.2) is 78.9 Å². The molecule has 1 unspecified atom stereocenters. The Hall–Kier alpha value is -4.04. The molecule has 1 atom stereocenters. The predicted molar refractivity (Wildman–Crippen MR) is 149 cm³/mol. The smallest absolute Gasteiger partial charge is 0.415 e. The van der Waals surface area contributed by atoms with Gasteiger partial charge in [0, 0.05) is 19.6 Å². The molecule has 1 N–H and O–H groups in total. The van der Waals surface area contributed by atoms with E-state index in [0.29, 0.717) is 36.9 Å². The van der Waals surface area contributed by atoms with Crippen molar-refractivity contribution < 1.29 is 33.6 Å². The second kappa shape index (κ2) is 16.0. The van der Waals surface area contributed by atoms with Crippen LogP contribution < -0.4 is 14.2 Å². The number of carboxylic acids is 1. The lowest BCUT2D eigenvalue weighted by Gasteiger charge is -2.22. The van der Waals surface area contributed by atoms with Gasteiger partial charge in [0.15, 0.2) is 6.10 Å². The van der Waals surface area contributed by atoms with Gasteiger partial charge in [0.1, 0.15) is 23.9 Å². The van der Waals surface area contributed by atoms with Crippen LogP contribution in [0.25, 0.3) is 0 Å². The summed E-state index contributed by atoms with van der Waals surface area (Å²) in [6.07, 6.45) is 1.67. The van der Waals surface area contributed by atoms with Gasteiger partial charge in [0.2, 0.25) is 0 Å². The molecule has 3 aromatic rings. The zero-order valence-electron chi connectivity index (χ0n) is 22.6. The third-order valence-corrected chi connectivity index (χ3v) is 6.13. The van der Waals surface area contributed by atoms with Gasteiger partial charge in [-0.2, -0.15) is 0 Å². The van der Waals surface area contributed by atoms with Gasteiger partial charge in [0.05, 0.1) is 13.7 Å². The minimum atomic E-state index is -0.984. The van der Waals surface area contributed by atoms with Crippen molar-refractivity contribution in [2.24, 2.45) is 0 Å². The summed E-state index contributed by atoms with van der Waals surface area (Å²) in [7, 11) is 1.58. The summed E-state index contributed by atoms with van der Waals surface area (Å²) in [6, 6.07) is 24.4. The van der Waals surface area contributed by atoms with Crippen molar-refractivity contribution in [3.05, 3.63) is 90.0 Å². The van der Waals surface area contributed by atoms with Crippen LogP contribution in [0.3, 0.4) is 0 Å². The van der Waals surface area contributed by atoms with Crippen LogP contribution in [0, 0.1) is 0 Å². The van der Waals surface area contributed by atoms with Gasteiger partial charge in [-0.15, -0.1) is 0 Å². The van der Waals surface area contributed by atoms with E-state index < -0.39 is 18.2 Å². The van der Waals surface area contributed by atoms with E-state index in [1.54, 1.807) is 55.3 Å². The number of ether oxygens (including phenoxy) is 4. The monoisotopic (exact) mass is 535 g/mol. The first-order valence-corrected chi connectivity index (χ1v) is 13.2. The minimum absolute atomic E-state index is 0.275. The summed E-state index contributed by atoms with van der Waals surface area (Å²) >= 11 is 0. The third-order valence-electron chi connectivity index (χ3n) is 6.13. The number of aryl methyl sites for hydroxylation is 1. The predicted octanol–water partition coefficient (Wildman–Crippen LogP) is 5.63. The summed E-state index contributed by atoms with van der Waals surface area (Å²) in [4.78, 5) is 26.0. The lowest BCUT2D eigenvalue weighted by Crippen LogP contribution is -2.37. The van der Waals surface area contributed by atoms with E-state index in [1.807, 2.05) is 30.3 Å². The Labute approximate surface area is 230 Å². The fraction of sp³-hybridized carbons (Fsp3) is 0.355. The zero-order valence-corrected chi connectivity index (χ0v) is 22.6. The van der Waals surface area contributed by atoms with Crippen LogP contribution >= 0.6 is 0 Å². The molecule has 0 bridgehead atoms. The van der Waals surface area contributed by atoms with Crippen molar-refractivity contribution in [2.45, 2.75) is 38.7 Å². The molecule has 0 saturated heterocycles. The second-order valence-electron chi connectivity index (χ2n) is 8.95. The molecule has 0 fully saturated rings. The standard InChI is InChI=1S/C31H37NO7/c1-3-37-29(30(33)34)23-25-12-14-27(15-13-25)38-22-21-32(20-8-7-11-24-9-5-4-6-10-24)31(35)39-28-18-16-26(36-2)17-19-28/h4-6,9-10,12-19,29H,3,7-8,11,20-23H2,1-2H3,(H,33,34). The molecule has 0 aliphatic rings. The number of nitrogens with zero attached hydrogens (tertiary/aromatic N) is 1. The first-order chi connectivity index (χ1) is 19.0. The fourth-order valence-corrected chi connectivity index (χ4v) is 4.01. The number of carboxylic acid groups (broad SMARTS) is 1. The van der Waals surface area contributed by atoms with Gasteiger partial charge < -0.3 is 29.0 Å². The number of hydrogen-bond donors (Lipinski definition) is 1. The Morgan fingerprint density at radius 3 is 2.13 bits per heavy atom. The van der Waals surface area contributed by atoms with Crippen molar-refractivity contribution in [1.82, 2.24) is 4.90 Å². The molecule has 3 rings (SSSR count). The Morgan fingerprint density at radius 2 is 1.49 bits per heavy atom. The number of carbonyl (C=O) groups excluding carboxylic acids is 1. The Kier molecular flexibility index (Phi) is 12.1. The summed E-state index contributed by atoms with van der Waals surface area (Å²) in [6.45, 7) is 3.28. The maximum absolute atomic E-state index is 13.0. The Balaban J connectivity index is 1.54. The first-order valence-electron chi connectivity index (χ1n) is 13.2. The SMILES string of the molecule is CCOC(Cc1ccc(OCCN(CCCCc2ccccc2)C(=O)Oc2ccc(OC)cc2)cc1)C(=O)O. The normalized spacial score (nSPS) is 11.4. The largest absolute Gasteiger partial charge is 0.497 e. The van der Waals surface area contributed by atoms with Crippen LogP contribution in [0.4, 0.5) is 4.79 Å². The molecule has 39 heavy (non-hydrogen) atoms. The van der Waals surface area contributed by atoms with Crippen molar-refractivity contribution >= 4 is 12.1 Å². The molecule has 8 nitrogen and oxygen atoms in total. The molecule has 0 spiro atoms. The Bertz CT molecular complexity index is 1130. The molecule has 3 aromatic carbocycles. The highest BCUT2D eigenvalue weighted by atomic mass is 16.6. The molecule has 208 valence electrons. The molecule has 0 aliphatic carbocycles. The summed E-state index contributed by atoms with van der Waals surface area (Å²) in [5.74, 6) is 0.777. The Morgan fingerprint density at radius 1 is 0.821 bits per heavy atom. The number of hydrogen-bond acceptors (Lipinski definition) is 6. The van der Waals surface area contributed by atoms with E-state index in [4.69, 9.17) is 18.9 Å². The number of unbranched alkanes of at least 4 members (excludes halogenated alkanes) is 1. The number of amides is 1. The van der Waals surface area contributed by atoms with Gasteiger partial charge in [-0.25, -0.2) is 9.59 Å². The number of benzene rings is 3. The number of carbonyl (C=O) groups is 2. The van der Waals surface area contributed by atoms with Gasteiger partial charge in [0.25, 0.3) is 0 Å². The van der Waals surface area contributed by atoms with E-state index >= 15 is 0 Å². The van der Waals surface area contributed by atoms with Gasteiger partial charge in [-0.1, -0.05) is 42.5 Å². The second-order valence-corrected chi connectivity index (χ2v) is 8.95. The van der Waals surface area contributed by atoms with Crippen molar-refractivity contribution in [2.75, 3.05) is 33.4 Å². The number of rotatable bonds is 16. The minimum Gasteiger partial charge on any atom is -0.497 e. The van der Waals surface area contributed by atoms with Crippen LogP contribution in [0.1, 0.15) is 30.9 Å².